The van der Waals surface area contributed by atoms with Gasteiger partial charge in [-0.05, 0) is 30.4 Å². The van der Waals surface area contributed by atoms with Gasteiger partial charge in [0.2, 0.25) is 5.24 Å². The molecule has 0 saturated carbocycles. The van der Waals surface area contributed by atoms with E-state index in [2.05, 4.69) is 13.8 Å². The summed E-state index contributed by atoms with van der Waals surface area (Å²) in [7, 11) is 0. The third-order valence-electron chi connectivity index (χ3n) is 7.00. The van der Waals surface area contributed by atoms with Crippen LogP contribution in [0.3, 0.4) is 0 Å². The van der Waals surface area contributed by atoms with Crippen LogP contribution < -0.4 is 0 Å². The third kappa shape index (κ3) is 28.0. The highest BCUT2D eigenvalue weighted by Gasteiger charge is 2.10. The van der Waals surface area contributed by atoms with Crippen molar-refractivity contribution in [2.24, 2.45) is 5.92 Å². The summed E-state index contributed by atoms with van der Waals surface area (Å²) in [4.78, 5) is 11.0. The average Bonchev–Trinajstić information content (AvgIpc) is 2.80. The standard InChI is InChI=1S/C30H59ClO2/c1-3-5-7-9-11-13-15-16-18-20-22-24-26-29(27-33-28-30(31)32)25-23-21-19-17-14-12-10-8-6-4-2/h29H,3-28H2,1-2H3. The molecule has 0 heterocycles. The van der Waals surface area contributed by atoms with Gasteiger partial charge in [0.1, 0.15) is 6.61 Å². The molecule has 0 aromatic heterocycles. The molecule has 0 bridgehead atoms. The lowest BCUT2D eigenvalue weighted by Crippen LogP contribution is -2.13. The molecule has 2 nitrogen and oxygen atoms in total. The molecular weight excluding hydrogens is 428 g/mol. The van der Waals surface area contributed by atoms with E-state index in [0.29, 0.717) is 12.5 Å². The van der Waals surface area contributed by atoms with Gasteiger partial charge in [-0.25, -0.2) is 0 Å². The van der Waals surface area contributed by atoms with Crippen molar-refractivity contribution in [1.82, 2.24) is 0 Å². The maximum atomic E-state index is 11.0. The molecule has 1 unspecified atom stereocenters. The highest BCUT2D eigenvalue weighted by atomic mass is 35.5. The van der Waals surface area contributed by atoms with Crippen LogP contribution in [0.25, 0.3) is 0 Å². The Bertz CT molecular complexity index is 385. The molecule has 0 aliphatic carbocycles. The number of halogens is 1. The monoisotopic (exact) mass is 486 g/mol. The van der Waals surface area contributed by atoms with Gasteiger partial charge in [0, 0.05) is 0 Å². The fourth-order valence-corrected chi connectivity index (χ4v) is 4.89. The lowest BCUT2D eigenvalue weighted by atomic mass is 9.94. The molecule has 0 aliphatic rings. The van der Waals surface area contributed by atoms with E-state index in [4.69, 9.17) is 16.3 Å². The van der Waals surface area contributed by atoms with Crippen LogP contribution in [0.4, 0.5) is 0 Å². The third-order valence-corrected chi connectivity index (χ3v) is 7.11. The summed E-state index contributed by atoms with van der Waals surface area (Å²) in [5, 5.41) is -0.377. The highest BCUT2D eigenvalue weighted by molar-refractivity contribution is 6.63. The Balaban J connectivity index is 3.69. The number of hydrogen-bond donors (Lipinski definition) is 0. The molecule has 3 heteroatoms. The molecule has 0 aliphatic heterocycles. The smallest absolute Gasteiger partial charge is 0.247 e. The van der Waals surface area contributed by atoms with Gasteiger partial charge < -0.3 is 4.74 Å². The zero-order valence-electron chi connectivity index (χ0n) is 22.7. The number of rotatable bonds is 28. The molecule has 0 saturated heterocycles. The van der Waals surface area contributed by atoms with Crippen molar-refractivity contribution in [3.05, 3.63) is 0 Å². The Morgan fingerprint density at radius 2 is 0.848 bits per heavy atom. The second-order valence-electron chi connectivity index (χ2n) is 10.4. The summed E-state index contributed by atoms with van der Waals surface area (Å²) in [6, 6.07) is 0. The van der Waals surface area contributed by atoms with Crippen molar-refractivity contribution in [3.63, 3.8) is 0 Å². The fourth-order valence-electron chi connectivity index (χ4n) is 4.81. The largest absolute Gasteiger partial charge is 0.372 e. The predicted octanol–water partition coefficient (Wildman–Crippen LogP) is 10.8. The minimum absolute atomic E-state index is 0.0640. The minimum atomic E-state index is -0.377. The number of carbonyl (C=O) groups excluding carboxylic acids is 1. The highest BCUT2D eigenvalue weighted by Crippen LogP contribution is 2.20. The van der Waals surface area contributed by atoms with Crippen molar-refractivity contribution >= 4 is 16.8 Å². The molecule has 0 aromatic carbocycles. The second-order valence-corrected chi connectivity index (χ2v) is 10.8. The summed E-state index contributed by atoms with van der Waals surface area (Å²) >= 11 is 5.44. The van der Waals surface area contributed by atoms with E-state index >= 15 is 0 Å². The van der Waals surface area contributed by atoms with E-state index in [9.17, 15) is 4.79 Å². The van der Waals surface area contributed by atoms with E-state index in [1.54, 1.807) is 0 Å². The first-order chi connectivity index (χ1) is 16.2. The van der Waals surface area contributed by atoms with Gasteiger partial charge in [-0.15, -0.1) is 0 Å². The summed E-state index contributed by atoms with van der Waals surface area (Å²) in [6.45, 7) is 5.33. The summed E-state index contributed by atoms with van der Waals surface area (Å²) in [6.07, 6.45) is 33.1. The maximum absolute atomic E-state index is 11.0. The van der Waals surface area contributed by atoms with E-state index in [1.165, 1.54) is 154 Å². The van der Waals surface area contributed by atoms with Gasteiger partial charge in [-0.1, -0.05) is 155 Å². The number of hydrogen-bond acceptors (Lipinski definition) is 2. The molecule has 0 aromatic rings. The van der Waals surface area contributed by atoms with Crippen molar-refractivity contribution in [1.29, 1.82) is 0 Å². The van der Waals surface area contributed by atoms with Crippen LogP contribution in [-0.4, -0.2) is 18.5 Å². The van der Waals surface area contributed by atoms with Crippen molar-refractivity contribution in [2.75, 3.05) is 13.2 Å². The van der Waals surface area contributed by atoms with Crippen molar-refractivity contribution < 1.29 is 9.53 Å². The van der Waals surface area contributed by atoms with Crippen LogP contribution in [0.15, 0.2) is 0 Å². The molecule has 33 heavy (non-hydrogen) atoms. The number of unbranched alkanes of at least 4 members (excludes halogenated alkanes) is 20. The lowest BCUT2D eigenvalue weighted by Gasteiger charge is -2.17. The first kappa shape index (κ1) is 32.9. The first-order valence-corrected chi connectivity index (χ1v) is 15.3. The Kier molecular flexibility index (Phi) is 28.1. The molecule has 0 rings (SSSR count). The normalized spacial score (nSPS) is 12.3. The van der Waals surface area contributed by atoms with Gasteiger partial charge >= 0.3 is 0 Å². The summed E-state index contributed by atoms with van der Waals surface area (Å²) in [5.74, 6) is 0.596. The zero-order valence-corrected chi connectivity index (χ0v) is 23.4. The molecule has 0 radical (unpaired) electrons. The maximum Gasteiger partial charge on any atom is 0.247 e. The number of ether oxygens (including phenoxy) is 1. The first-order valence-electron chi connectivity index (χ1n) is 15.0. The van der Waals surface area contributed by atoms with E-state index in [0.717, 1.165) is 0 Å². The fraction of sp³-hybridized carbons (Fsp3) is 0.967. The number of carbonyl (C=O) groups is 1. The molecule has 1 atom stereocenters. The molecule has 0 N–H and O–H groups in total. The molecule has 0 fully saturated rings. The summed E-state index contributed by atoms with van der Waals surface area (Å²) < 4.78 is 5.58. The van der Waals surface area contributed by atoms with Crippen LogP contribution in [0, 0.1) is 5.92 Å². The average molecular weight is 487 g/mol. The second kappa shape index (κ2) is 28.2. The van der Waals surface area contributed by atoms with Gasteiger partial charge in [-0.3, -0.25) is 4.79 Å². The lowest BCUT2D eigenvalue weighted by molar-refractivity contribution is -0.116. The van der Waals surface area contributed by atoms with E-state index in [-0.39, 0.29) is 11.8 Å². The van der Waals surface area contributed by atoms with Gasteiger partial charge in [-0.2, -0.15) is 0 Å². The zero-order chi connectivity index (χ0) is 24.2. The Labute approximate surface area is 213 Å². The van der Waals surface area contributed by atoms with Crippen molar-refractivity contribution in [2.45, 2.75) is 168 Å². The quantitative estimate of drug-likeness (QED) is 0.0811. The van der Waals surface area contributed by atoms with Gasteiger partial charge in [0.25, 0.3) is 0 Å². The molecular formula is C30H59ClO2. The Morgan fingerprint density at radius 3 is 1.15 bits per heavy atom. The molecule has 0 spiro atoms. The van der Waals surface area contributed by atoms with Crippen LogP contribution in [-0.2, 0) is 9.53 Å². The van der Waals surface area contributed by atoms with E-state index < -0.39 is 0 Å². The van der Waals surface area contributed by atoms with Gasteiger partial charge in [0.15, 0.2) is 0 Å². The van der Waals surface area contributed by atoms with Crippen LogP contribution in [0.5, 0.6) is 0 Å². The molecule has 198 valence electrons. The Morgan fingerprint density at radius 1 is 0.545 bits per heavy atom. The van der Waals surface area contributed by atoms with Crippen LogP contribution in [0.1, 0.15) is 168 Å². The van der Waals surface area contributed by atoms with Crippen LogP contribution >= 0.6 is 11.6 Å². The minimum Gasteiger partial charge on any atom is -0.372 e. The summed E-state index contributed by atoms with van der Waals surface area (Å²) in [5.41, 5.74) is 0. The van der Waals surface area contributed by atoms with Crippen LogP contribution in [0.2, 0.25) is 0 Å². The van der Waals surface area contributed by atoms with Crippen molar-refractivity contribution in [3.8, 4) is 0 Å². The SMILES string of the molecule is CCCCCCCCCCCCCCC(CCCCCCCCCCCC)COCC(=O)Cl. The Hall–Kier alpha value is -0.0800. The predicted molar refractivity (Wildman–Crippen MR) is 147 cm³/mol. The molecule has 0 amide bonds. The van der Waals surface area contributed by atoms with E-state index in [1.807, 2.05) is 0 Å². The van der Waals surface area contributed by atoms with Gasteiger partial charge in [0.05, 0.1) is 6.61 Å². The topological polar surface area (TPSA) is 26.3 Å².